The molecule has 0 spiro atoms. The van der Waals surface area contributed by atoms with Crippen molar-refractivity contribution in [3.8, 4) is 5.88 Å². The number of rotatable bonds is 4. The highest BCUT2D eigenvalue weighted by Crippen LogP contribution is 2.42. The maximum absolute atomic E-state index is 13.2. The van der Waals surface area contributed by atoms with Gasteiger partial charge in [-0.25, -0.2) is 4.98 Å². The number of hydrogen-bond acceptors (Lipinski definition) is 3. The van der Waals surface area contributed by atoms with E-state index in [2.05, 4.69) is 34.1 Å². The fourth-order valence-corrected chi connectivity index (χ4v) is 3.59. The van der Waals surface area contributed by atoms with E-state index >= 15 is 0 Å². The van der Waals surface area contributed by atoms with E-state index in [-0.39, 0.29) is 11.9 Å². The molecule has 0 aliphatic heterocycles. The Bertz CT molecular complexity index is 740. The fourth-order valence-electron chi connectivity index (χ4n) is 3.59. The number of aryl methyl sites for hydroxylation is 1. The Morgan fingerprint density at radius 1 is 1.17 bits per heavy atom. The summed E-state index contributed by atoms with van der Waals surface area (Å²) in [5.74, 6) is 0.452. The molecule has 4 rings (SSSR count). The number of nitrogens with zero attached hydrogens (tertiary/aromatic N) is 2. The van der Waals surface area contributed by atoms with Gasteiger partial charge in [0.15, 0.2) is 0 Å². The molecule has 1 aromatic heterocycles. The minimum atomic E-state index is 0.0409. The normalized spacial score (nSPS) is 19.3. The Morgan fingerprint density at radius 2 is 2.00 bits per heavy atom. The number of aromatic nitrogens is 1. The summed E-state index contributed by atoms with van der Waals surface area (Å²) in [5, 5.41) is 0. The van der Waals surface area contributed by atoms with Crippen molar-refractivity contribution in [2.45, 2.75) is 37.8 Å². The molecule has 0 unspecified atom stereocenters. The van der Waals surface area contributed by atoms with Crippen LogP contribution in [0.5, 0.6) is 5.88 Å². The number of fused-ring (bicyclic) bond motifs is 1. The van der Waals surface area contributed by atoms with Crippen LogP contribution in [0.25, 0.3) is 0 Å². The lowest BCUT2D eigenvalue weighted by Gasteiger charge is -2.30. The Hall–Kier alpha value is -2.36. The number of amides is 1. The van der Waals surface area contributed by atoms with E-state index in [1.54, 1.807) is 19.4 Å². The van der Waals surface area contributed by atoms with Gasteiger partial charge in [-0.1, -0.05) is 24.3 Å². The monoisotopic (exact) mass is 308 g/mol. The van der Waals surface area contributed by atoms with Gasteiger partial charge < -0.3 is 9.64 Å². The predicted molar refractivity (Wildman–Crippen MR) is 87.5 cm³/mol. The Morgan fingerprint density at radius 3 is 2.78 bits per heavy atom. The van der Waals surface area contributed by atoms with E-state index in [0.29, 0.717) is 17.5 Å². The molecule has 2 aromatic rings. The molecule has 118 valence electrons. The second-order valence-corrected chi connectivity index (χ2v) is 6.26. The Balaban J connectivity index is 1.71. The zero-order valence-electron chi connectivity index (χ0n) is 13.2. The topological polar surface area (TPSA) is 42.4 Å². The number of carbonyl (C=O) groups excluding carboxylic acids is 1. The molecule has 1 fully saturated rings. The summed E-state index contributed by atoms with van der Waals surface area (Å²) in [5.41, 5.74) is 3.23. The molecule has 1 saturated carbocycles. The maximum Gasteiger partial charge on any atom is 0.260 e. The average molecular weight is 308 g/mol. The number of ether oxygens (including phenoxy) is 1. The molecule has 0 radical (unpaired) electrons. The number of benzene rings is 1. The van der Waals surface area contributed by atoms with Gasteiger partial charge in [0.25, 0.3) is 5.91 Å². The molecule has 1 atom stereocenters. The fraction of sp³-hybridized carbons (Fsp3) is 0.368. The van der Waals surface area contributed by atoms with Gasteiger partial charge in [-0.05, 0) is 48.9 Å². The van der Waals surface area contributed by atoms with Crippen LogP contribution in [0.4, 0.5) is 0 Å². The summed E-state index contributed by atoms with van der Waals surface area (Å²) in [6.45, 7) is 0. The van der Waals surface area contributed by atoms with Gasteiger partial charge in [0.2, 0.25) is 5.88 Å². The smallest absolute Gasteiger partial charge is 0.260 e. The van der Waals surface area contributed by atoms with Crippen LogP contribution in [-0.2, 0) is 6.42 Å². The molecule has 0 bridgehead atoms. The van der Waals surface area contributed by atoms with Crippen LogP contribution in [-0.4, -0.2) is 28.9 Å². The van der Waals surface area contributed by atoms with E-state index < -0.39 is 0 Å². The highest BCUT2D eigenvalue weighted by atomic mass is 16.5. The van der Waals surface area contributed by atoms with E-state index in [0.717, 1.165) is 25.7 Å². The number of carbonyl (C=O) groups is 1. The molecule has 1 amide bonds. The lowest BCUT2D eigenvalue weighted by molar-refractivity contribution is 0.0654. The second kappa shape index (κ2) is 5.69. The first-order valence-corrected chi connectivity index (χ1v) is 8.19. The molecular formula is C19H20N2O2. The molecule has 23 heavy (non-hydrogen) atoms. The zero-order chi connectivity index (χ0) is 15.8. The summed E-state index contributed by atoms with van der Waals surface area (Å²) >= 11 is 0. The van der Waals surface area contributed by atoms with Gasteiger partial charge in [-0.15, -0.1) is 0 Å². The Labute approximate surface area is 136 Å². The first kappa shape index (κ1) is 14.2. The van der Waals surface area contributed by atoms with Crippen LogP contribution in [0.3, 0.4) is 0 Å². The Kier molecular flexibility index (Phi) is 3.52. The summed E-state index contributed by atoms with van der Waals surface area (Å²) < 4.78 is 5.29. The van der Waals surface area contributed by atoms with Crippen molar-refractivity contribution >= 4 is 5.91 Å². The lowest BCUT2D eigenvalue weighted by Crippen LogP contribution is -2.36. The maximum atomic E-state index is 13.2. The van der Waals surface area contributed by atoms with Gasteiger partial charge >= 0.3 is 0 Å². The number of methoxy groups -OCH3 is 1. The molecule has 4 heteroatoms. The highest BCUT2D eigenvalue weighted by molar-refractivity contribution is 5.97. The lowest BCUT2D eigenvalue weighted by atomic mass is 10.1. The summed E-state index contributed by atoms with van der Waals surface area (Å²) in [6.07, 6.45) is 5.88. The second-order valence-electron chi connectivity index (χ2n) is 6.26. The molecule has 1 heterocycles. The average Bonchev–Trinajstić information content (AvgIpc) is 3.35. The van der Waals surface area contributed by atoms with Gasteiger partial charge in [0, 0.05) is 12.2 Å². The van der Waals surface area contributed by atoms with Gasteiger partial charge in [-0.3, -0.25) is 4.79 Å². The molecule has 4 nitrogen and oxygen atoms in total. The molecular weight excluding hydrogens is 288 g/mol. The summed E-state index contributed by atoms with van der Waals surface area (Å²) in [7, 11) is 1.56. The van der Waals surface area contributed by atoms with Crippen molar-refractivity contribution in [1.82, 2.24) is 9.88 Å². The van der Waals surface area contributed by atoms with Gasteiger partial charge in [-0.2, -0.15) is 0 Å². The van der Waals surface area contributed by atoms with Gasteiger partial charge in [0.05, 0.1) is 13.2 Å². The third-order valence-corrected chi connectivity index (χ3v) is 4.81. The van der Waals surface area contributed by atoms with E-state index in [1.165, 1.54) is 11.1 Å². The van der Waals surface area contributed by atoms with Crippen LogP contribution < -0.4 is 4.74 Å². The van der Waals surface area contributed by atoms with Crippen molar-refractivity contribution in [3.05, 3.63) is 59.3 Å². The minimum absolute atomic E-state index is 0.0409. The van der Waals surface area contributed by atoms with Gasteiger partial charge in [0.1, 0.15) is 5.56 Å². The molecule has 2 aliphatic rings. The zero-order valence-corrected chi connectivity index (χ0v) is 13.2. The van der Waals surface area contributed by atoms with Crippen molar-refractivity contribution in [1.29, 1.82) is 0 Å². The predicted octanol–water partition coefficient (Wildman–Crippen LogP) is 3.38. The van der Waals surface area contributed by atoms with Crippen LogP contribution in [0, 0.1) is 0 Å². The van der Waals surface area contributed by atoms with E-state index in [1.807, 2.05) is 6.07 Å². The highest BCUT2D eigenvalue weighted by Gasteiger charge is 2.41. The van der Waals surface area contributed by atoms with Crippen LogP contribution in [0.1, 0.15) is 46.8 Å². The standard InChI is InChI=1S/C19H20N2O2/c1-23-18-16(7-4-12-20-18)19(22)21(14-9-10-14)17-11-8-13-5-2-3-6-15(13)17/h2-7,12,14,17H,8-11H2,1H3/t17-/m0/s1. The first-order chi connectivity index (χ1) is 11.3. The van der Waals surface area contributed by atoms with E-state index in [9.17, 15) is 4.79 Å². The third-order valence-electron chi connectivity index (χ3n) is 4.81. The third kappa shape index (κ3) is 2.48. The van der Waals surface area contributed by atoms with E-state index in [4.69, 9.17) is 4.74 Å². The quantitative estimate of drug-likeness (QED) is 0.869. The largest absolute Gasteiger partial charge is 0.480 e. The molecule has 0 saturated heterocycles. The van der Waals surface area contributed by atoms with Crippen LogP contribution in [0.15, 0.2) is 42.6 Å². The van der Waals surface area contributed by atoms with Crippen LogP contribution in [0.2, 0.25) is 0 Å². The van der Waals surface area contributed by atoms with Crippen molar-refractivity contribution in [2.75, 3.05) is 7.11 Å². The molecule has 0 N–H and O–H groups in total. The summed E-state index contributed by atoms with van der Waals surface area (Å²) in [4.78, 5) is 19.5. The van der Waals surface area contributed by atoms with Crippen molar-refractivity contribution in [2.24, 2.45) is 0 Å². The first-order valence-electron chi connectivity index (χ1n) is 8.19. The molecule has 1 aromatic carbocycles. The van der Waals surface area contributed by atoms with Crippen molar-refractivity contribution in [3.63, 3.8) is 0 Å². The number of pyridine rings is 1. The van der Waals surface area contributed by atoms with Crippen LogP contribution >= 0.6 is 0 Å². The summed E-state index contributed by atoms with van der Waals surface area (Å²) in [6, 6.07) is 12.6. The molecule has 2 aliphatic carbocycles. The number of hydrogen-bond donors (Lipinski definition) is 0. The SMILES string of the molecule is COc1ncccc1C(=O)N(C1CC1)[C@H]1CCc2ccccc21. The van der Waals surface area contributed by atoms with Crippen molar-refractivity contribution < 1.29 is 9.53 Å². The minimum Gasteiger partial charge on any atom is -0.480 e.